The Labute approximate surface area is 94.7 Å². The molecule has 0 aromatic heterocycles. The van der Waals surface area contributed by atoms with Crippen molar-refractivity contribution in [2.45, 2.75) is 25.7 Å². The Morgan fingerprint density at radius 1 is 1.53 bits per heavy atom. The minimum absolute atomic E-state index is 0.0853. The van der Waals surface area contributed by atoms with Gasteiger partial charge in [0.2, 0.25) is 5.91 Å². The molecule has 0 radical (unpaired) electrons. The summed E-state index contributed by atoms with van der Waals surface area (Å²) in [6, 6.07) is 0. The number of amidine groups is 1. The second kappa shape index (κ2) is 6.26. The molecule has 0 spiro atoms. The summed E-state index contributed by atoms with van der Waals surface area (Å²) in [5, 5.41) is 12.5. The summed E-state index contributed by atoms with van der Waals surface area (Å²) in [6.07, 6.45) is -3.78. The molecule has 0 aliphatic carbocycles. The van der Waals surface area contributed by atoms with Crippen molar-refractivity contribution in [1.29, 1.82) is 0 Å². The lowest BCUT2D eigenvalue weighted by Crippen LogP contribution is -2.46. The molecule has 1 unspecified atom stereocenters. The molecule has 0 saturated carbocycles. The SMILES string of the molecule is CCC(C(=O)NCC(F)(F)C(F)F)C(N)=NO. The van der Waals surface area contributed by atoms with Crippen molar-refractivity contribution in [3.8, 4) is 0 Å². The van der Waals surface area contributed by atoms with Crippen LogP contribution in [0.1, 0.15) is 13.3 Å². The Kier molecular flexibility index (Phi) is 5.69. The number of amides is 1. The molecule has 0 aliphatic rings. The van der Waals surface area contributed by atoms with E-state index < -0.39 is 36.6 Å². The first kappa shape index (κ1) is 15.5. The van der Waals surface area contributed by atoms with Crippen molar-refractivity contribution in [2.24, 2.45) is 16.8 Å². The Balaban J connectivity index is 4.45. The topological polar surface area (TPSA) is 87.7 Å². The Hall–Kier alpha value is -1.54. The number of oxime groups is 1. The van der Waals surface area contributed by atoms with Gasteiger partial charge in [-0.05, 0) is 6.42 Å². The molecule has 1 atom stereocenters. The van der Waals surface area contributed by atoms with Crippen LogP contribution in [0.4, 0.5) is 17.6 Å². The van der Waals surface area contributed by atoms with Crippen LogP contribution in [0.15, 0.2) is 5.16 Å². The molecular formula is C8H13F4N3O2. The first-order valence-electron chi connectivity index (χ1n) is 4.67. The molecule has 1 amide bonds. The Morgan fingerprint density at radius 2 is 2.06 bits per heavy atom. The fourth-order valence-electron chi connectivity index (χ4n) is 1.00. The third-order valence-electron chi connectivity index (χ3n) is 2.01. The molecule has 4 N–H and O–H groups in total. The van der Waals surface area contributed by atoms with Crippen molar-refractivity contribution >= 4 is 11.7 Å². The zero-order chi connectivity index (χ0) is 13.6. The van der Waals surface area contributed by atoms with Crippen molar-refractivity contribution in [3.63, 3.8) is 0 Å². The van der Waals surface area contributed by atoms with Crippen molar-refractivity contribution in [3.05, 3.63) is 0 Å². The number of nitrogens with one attached hydrogen (secondary N) is 1. The van der Waals surface area contributed by atoms with E-state index in [9.17, 15) is 22.4 Å². The molecule has 9 heteroatoms. The number of carbonyl (C=O) groups excluding carboxylic acids is 1. The molecule has 0 heterocycles. The van der Waals surface area contributed by atoms with E-state index >= 15 is 0 Å². The number of nitrogens with zero attached hydrogens (tertiary/aromatic N) is 1. The molecular weight excluding hydrogens is 246 g/mol. The van der Waals surface area contributed by atoms with Gasteiger partial charge in [0.1, 0.15) is 0 Å². The largest absolute Gasteiger partial charge is 0.409 e. The van der Waals surface area contributed by atoms with Gasteiger partial charge in [-0.3, -0.25) is 4.79 Å². The van der Waals surface area contributed by atoms with E-state index in [-0.39, 0.29) is 6.42 Å². The van der Waals surface area contributed by atoms with E-state index in [2.05, 4.69) is 5.16 Å². The zero-order valence-electron chi connectivity index (χ0n) is 8.96. The quantitative estimate of drug-likeness (QED) is 0.216. The maximum Gasteiger partial charge on any atom is 0.324 e. The van der Waals surface area contributed by atoms with Gasteiger partial charge in [-0.15, -0.1) is 0 Å². The van der Waals surface area contributed by atoms with Gasteiger partial charge in [-0.2, -0.15) is 8.78 Å². The molecule has 17 heavy (non-hydrogen) atoms. The van der Waals surface area contributed by atoms with Gasteiger partial charge in [0.15, 0.2) is 5.84 Å². The predicted octanol–water partition coefficient (Wildman–Crippen LogP) is 0.776. The summed E-state index contributed by atoms with van der Waals surface area (Å²) in [6.45, 7) is -0.00769. The lowest BCUT2D eigenvalue weighted by Gasteiger charge is -2.18. The fourth-order valence-corrected chi connectivity index (χ4v) is 1.00. The predicted molar refractivity (Wildman–Crippen MR) is 51.2 cm³/mol. The molecule has 100 valence electrons. The summed E-state index contributed by atoms with van der Waals surface area (Å²) >= 11 is 0. The van der Waals surface area contributed by atoms with E-state index in [1.54, 1.807) is 5.32 Å². The minimum Gasteiger partial charge on any atom is -0.409 e. The summed E-state index contributed by atoms with van der Waals surface area (Å²) in [4.78, 5) is 11.3. The molecule has 0 bridgehead atoms. The van der Waals surface area contributed by atoms with Crippen LogP contribution >= 0.6 is 0 Å². The van der Waals surface area contributed by atoms with Gasteiger partial charge in [0, 0.05) is 0 Å². The van der Waals surface area contributed by atoms with Crippen LogP contribution in [0, 0.1) is 5.92 Å². The molecule has 5 nitrogen and oxygen atoms in total. The molecule has 0 saturated heterocycles. The van der Waals surface area contributed by atoms with Crippen molar-refractivity contribution in [2.75, 3.05) is 6.54 Å². The van der Waals surface area contributed by atoms with Gasteiger partial charge >= 0.3 is 12.3 Å². The van der Waals surface area contributed by atoms with Gasteiger partial charge in [-0.1, -0.05) is 12.1 Å². The summed E-state index contributed by atoms with van der Waals surface area (Å²) in [5.74, 6) is -6.90. The van der Waals surface area contributed by atoms with Crippen LogP contribution < -0.4 is 11.1 Å². The van der Waals surface area contributed by atoms with Crippen molar-refractivity contribution in [1.82, 2.24) is 5.32 Å². The monoisotopic (exact) mass is 259 g/mol. The van der Waals surface area contributed by atoms with Crippen LogP contribution in [0.25, 0.3) is 0 Å². The second-order valence-electron chi connectivity index (χ2n) is 3.27. The Bertz CT molecular complexity index is 296. The molecule has 0 aliphatic heterocycles. The normalized spacial score (nSPS) is 14.8. The first-order chi connectivity index (χ1) is 7.76. The van der Waals surface area contributed by atoms with Gasteiger partial charge in [0.05, 0.1) is 12.5 Å². The smallest absolute Gasteiger partial charge is 0.324 e. The highest BCUT2D eigenvalue weighted by Crippen LogP contribution is 2.21. The minimum atomic E-state index is -4.31. The average Bonchev–Trinajstić information content (AvgIpc) is 2.26. The number of halogens is 4. The first-order valence-corrected chi connectivity index (χ1v) is 4.67. The van der Waals surface area contributed by atoms with Crippen LogP contribution in [0.2, 0.25) is 0 Å². The van der Waals surface area contributed by atoms with Crippen molar-refractivity contribution < 1.29 is 27.6 Å². The van der Waals surface area contributed by atoms with E-state index in [4.69, 9.17) is 10.9 Å². The van der Waals surface area contributed by atoms with E-state index in [1.807, 2.05) is 0 Å². The van der Waals surface area contributed by atoms with Crippen LogP contribution in [-0.2, 0) is 4.79 Å². The number of alkyl halides is 4. The standard InChI is InChI=1S/C8H13F4N3O2/c1-2-4(5(13)15-17)6(16)14-3-8(11,12)7(9)10/h4,7,17H,2-3H2,1H3,(H2,13,15)(H,14,16). The lowest BCUT2D eigenvalue weighted by atomic mass is 10.0. The van der Waals surface area contributed by atoms with Crippen LogP contribution in [-0.4, -0.2) is 35.8 Å². The maximum absolute atomic E-state index is 12.5. The third kappa shape index (κ3) is 4.45. The number of nitrogens with two attached hydrogens (primary N) is 1. The molecule has 0 fully saturated rings. The second-order valence-corrected chi connectivity index (χ2v) is 3.27. The van der Waals surface area contributed by atoms with Gasteiger partial charge in [-0.25, -0.2) is 8.78 Å². The Morgan fingerprint density at radius 3 is 2.41 bits per heavy atom. The third-order valence-corrected chi connectivity index (χ3v) is 2.01. The summed E-state index contributed by atoms with van der Waals surface area (Å²) in [5.41, 5.74) is 5.13. The van der Waals surface area contributed by atoms with Crippen LogP contribution in [0.5, 0.6) is 0 Å². The molecule has 0 aromatic rings. The molecule has 0 rings (SSSR count). The molecule has 0 aromatic carbocycles. The van der Waals surface area contributed by atoms with Gasteiger partial charge < -0.3 is 16.3 Å². The lowest BCUT2D eigenvalue weighted by molar-refractivity contribution is -0.137. The highest BCUT2D eigenvalue weighted by atomic mass is 19.3. The number of hydrogen-bond donors (Lipinski definition) is 3. The number of hydrogen-bond acceptors (Lipinski definition) is 3. The highest BCUT2D eigenvalue weighted by molar-refractivity contribution is 6.01. The van der Waals surface area contributed by atoms with E-state index in [0.717, 1.165) is 0 Å². The van der Waals surface area contributed by atoms with E-state index in [0.29, 0.717) is 0 Å². The zero-order valence-corrected chi connectivity index (χ0v) is 8.96. The van der Waals surface area contributed by atoms with E-state index in [1.165, 1.54) is 6.92 Å². The van der Waals surface area contributed by atoms with Crippen LogP contribution in [0.3, 0.4) is 0 Å². The maximum atomic E-state index is 12.5. The summed E-state index contributed by atoms with van der Waals surface area (Å²) in [7, 11) is 0. The van der Waals surface area contributed by atoms with Gasteiger partial charge in [0.25, 0.3) is 0 Å². The highest BCUT2D eigenvalue weighted by Gasteiger charge is 2.41. The summed E-state index contributed by atoms with van der Waals surface area (Å²) < 4.78 is 48.5. The fraction of sp³-hybridized carbons (Fsp3) is 0.750. The average molecular weight is 259 g/mol. The number of rotatable bonds is 6. The number of carbonyl (C=O) groups is 1.